The fourth-order valence-electron chi connectivity index (χ4n) is 4.03. The van der Waals surface area contributed by atoms with E-state index in [2.05, 4.69) is 54.1 Å². The third kappa shape index (κ3) is 3.21. The topological polar surface area (TPSA) is 83.8 Å². The Balaban J connectivity index is 0.000000872. The van der Waals surface area contributed by atoms with E-state index < -0.39 is 0 Å². The van der Waals surface area contributed by atoms with Gasteiger partial charge in [-0.25, -0.2) is 9.97 Å². The Labute approximate surface area is 160 Å². The number of hydrogen-bond donors (Lipinski definition) is 2. The fourth-order valence-corrected chi connectivity index (χ4v) is 4.03. The molecule has 146 valence electrons. The van der Waals surface area contributed by atoms with Crippen LogP contribution < -0.4 is 15.5 Å². The first-order valence-electron chi connectivity index (χ1n) is 10.3. The second-order valence-corrected chi connectivity index (χ2v) is 7.27. The van der Waals surface area contributed by atoms with Crippen LogP contribution in [0.4, 0.5) is 17.3 Å². The van der Waals surface area contributed by atoms with Crippen LogP contribution in [0, 0.1) is 0 Å². The minimum atomic E-state index is 0.245. The summed E-state index contributed by atoms with van der Waals surface area (Å²) in [6.07, 6.45) is 6.43. The van der Waals surface area contributed by atoms with Gasteiger partial charge in [-0.15, -0.1) is 10.2 Å². The fraction of sp³-hybridized carbons (Fsp3) is 0.684. The van der Waals surface area contributed by atoms with Crippen molar-refractivity contribution in [3.05, 3.63) is 18.0 Å². The van der Waals surface area contributed by atoms with Crippen LogP contribution in [0.1, 0.15) is 64.5 Å². The van der Waals surface area contributed by atoms with Gasteiger partial charge >= 0.3 is 0 Å². The van der Waals surface area contributed by atoms with Crippen molar-refractivity contribution < 1.29 is 0 Å². The molecule has 0 bridgehead atoms. The highest BCUT2D eigenvalue weighted by molar-refractivity contribution is 5.82. The van der Waals surface area contributed by atoms with Crippen molar-refractivity contribution in [2.24, 2.45) is 0 Å². The SMILES string of the molecule is CC.CCN1c2ncnc(NC3CCc4nnc(C5CC5)n4C3)c2NC1C. The monoisotopic (exact) mass is 370 g/mol. The quantitative estimate of drug-likeness (QED) is 0.856. The molecule has 2 unspecified atom stereocenters. The summed E-state index contributed by atoms with van der Waals surface area (Å²) in [7, 11) is 0. The van der Waals surface area contributed by atoms with Crippen LogP contribution in [0.5, 0.6) is 0 Å². The summed E-state index contributed by atoms with van der Waals surface area (Å²) >= 11 is 0. The van der Waals surface area contributed by atoms with E-state index in [0.29, 0.717) is 12.0 Å². The normalized spacial score (nSPS) is 23.0. The Kier molecular flexibility index (Phi) is 4.88. The number of nitrogens with zero attached hydrogens (tertiary/aromatic N) is 6. The minimum absolute atomic E-state index is 0.245. The van der Waals surface area contributed by atoms with Gasteiger partial charge in [-0.3, -0.25) is 0 Å². The van der Waals surface area contributed by atoms with Crippen LogP contribution in [0.15, 0.2) is 6.33 Å². The highest BCUT2D eigenvalue weighted by Gasteiger charge is 2.34. The Bertz CT molecular complexity index is 797. The second-order valence-electron chi connectivity index (χ2n) is 7.27. The number of nitrogens with one attached hydrogen (secondary N) is 2. The lowest BCUT2D eigenvalue weighted by Crippen LogP contribution is -2.33. The lowest BCUT2D eigenvalue weighted by Gasteiger charge is -2.26. The third-order valence-corrected chi connectivity index (χ3v) is 5.52. The van der Waals surface area contributed by atoms with Crippen molar-refractivity contribution in [3.8, 4) is 0 Å². The van der Waals surface area contributed by atoms with E-state index in [1.807, 2.05) is 13.8 Å². The van der Waals surface area contributed by atoms with Gasteiger partial charge in [-0.2, -0.15) is 0 Å². The van der Waals surface area contributed by atoms with Gasteiger partial charge in [0.25, 0.3) is 0 Å². The molecule has 2 aliphatic heterocycles. The average Bonchev–Trinajstić information content (AvgIpc) is 3.36. The number of fused-ring (bicyclic) bond motifs is 2. The summed E-state index contributed by atoms with van der Waals surface area (Å²) in [5, 5.41) is 16.0. The number of rotatable bonds is 4. The van der Waals surface area contributed by atoms with Crippen LogP contribution in [0.2, 0.25) is 0 Å². The Morgan fingerprint density at radius 1 is 1.19 bits per heavy atom. The summed E-state index contributed by atoms with van der Waals surface area (Å²) in [6, 6.07) is 0.341. The van der Waals surface area contributed by atoms with Crippen molar-refractivity contribution in [3.63, 3.8) is 0 Å². The molecule has 1 aliphatic carbocycles. The predicted molar refractivity (Wildman–Crippen MR) is 107 cm³/mol. The molecule has 8 heteroatoms. The number of aromatic nitrogens is 5. The van der Waals surface area contributed by atoms with Gasteiger partial charge in [0.15, 0.2) is 11.6 Å². The molecule has 4 heterocycles. The molecule has 27 heavy (non-hydrogen) atoms. The summed E-state index contributed by atoms with van der Waals surface area (Å²) in [5.74, 6) is 4.84. The van der Waals surface area contributed by atoms with E-state index in [1.54, 1.807) is 6.33 Å². The molecule has 0 aromatic carbocycles. The third-order valence-electron chi connectivity index (χ3n) is 5.52. The highest BCUT2D eigenvalue weighted by atomic mass is 15.4. The minimum Gasteiger partial charge on any atom is -0.364 e. The zero-order valence-corrected chi connectivity index (χ0v) is 16.7. The molecule has 2 atom stereocenters. The molecule has 1 saturated carbocycles. The van der Waals surface area contributed by atoms with Crippen LogP contribution >= 0.6 is 0 Å². The van der Waals surface area contributed by atoms with Gasteiger partial charge in [0, 0.05) is 31.5 Å². The molecular formula is C19H30N8. The lowest BCUT2D eigenvalue weighted by atomic mass is 10.1. The second kappa shape index (κ2) is 7.32. The molecule has 1 fully saturated rings. The van der Waals surface area contributed by atoms with Crippen molar-refractivity contribution in [1.29, 1.82) is 0 Å². The molecule has 0 saturated heterocycles. The van der Waals surface area contributed by atoms with Gasteiger partial charge in [0.1, 0.15) is 23.7 Å². The molecule has 0 spiro atoms. The highest BCUT2D eigenvalue weighted by Crippen LogP contribution is 2.40. The van der Waals surface area contributed by atoms with Crippen molar-refractivity contribution >= 4 is 17.3 Å². The molecule has 8 nitrogen and oxygen atoms in total. The van der Waals surface area contributed by atoms with E-state index in [9.17, 15) is 0 Å². The summed E-state index contributed by atoms with van der Waals surface area (Å²) in [5.41, 5.74) is 1.02. The maximum absolute atomic E-state index is 4.51. The zero-order chi connectivity index (χ0) is 19.0. The maximum atomic E-state index is 4.51. The van der Waals surface area contributed by atoms with Crippen molar-refractivity contribution in [2.75, 3.05) is 22.1 Å². The lowest BCUT2D eigenvalue weighted by molar-refractivity contribution is 0.464. The van der Waals surface area contributed by atoms with Crippen LogP contribution in [-0.2, 0) is 13.0 Å². The van der Waals surface area contributed by atoms with Crippen molar-refractivity contribution in [2.45, 2.75) is 78.0 Å². The van der Waals surface area contributed by atoms with Gasteiger partial charge in [0.2, 0.25) is 0 Å². The number of aryl methyl sites for hydroxylation is 1. The van der Waals surface area contributed by atoms with Gasteiger partial charge in [-0.05, 0) is 33.1 Å². The predicted octanol–water partition coefficient (Wildman–Crippen LogP) is 3.00. The number of anilines is 3. The van der Waals surface area contributed by atoms with E-state index in [4.69, 9.17) is 0 Å². The van der Waals surface area contributed by atoms with Crippen molar-refractivity contribution in [1.82, 2.24) is 24.7 Å². The zero-order valence-electron chi connectivity index (χ0n) is 16.7. The van der Waals surface area contributed by atoms with Gasteiger partial charge in [-0.1, -0.05) is 13.8 Å². The van der Waals surface area contributed by atoms with Gasteiger partial charge < -0.3 is 20.1 Å². The van der Waals surface area contributed by atoms with E-state index >= 15 is 0 Å². The number of hydrogen-bond acceptors (Lipinski definition) is 7. The molecular weight excluding hydrogens is 340 g/mol. The first-order valence-corrected chi connectivity index (χ1v) is 10.3. The first kappa shape index (κ1) is 18.0. The van der Waals surface area contributed by atoms with Crippen LogP contribution in [-0.4, -0.2) is 43.5 Å². The van der Waals surface area contributed by atoms with Crippen LogP contribution in [0.25, 0.3) is 0 Å². The van der Waals surface area contributed by atoms with Crippen LogP contribution in [0.3, 0.4) is 0 Å². The van der Waals surface area contributed by atoms with Gasteiger partial charge in [0.05, 0.1) is 6.17 Å². The smallest absolute Gasteiger partial charge is 0.159 e. The molecule has 0 amide bonds. The standard InChI is InChI=1S/C17H24N8.C2H6/c1-3-24-10(2)20-14-15(18-9-19-17(14)24)21-12-6-7-13-22-23-16(11-4-5-11)25(13)8-12;1-2/h9-12,20H,3-8H2,1-2H3,(H,18,19,21);1-2H3. The Morgan fingerprint density at radius 3 is 2.74 bits per heavy atom. The van der Waals surface area contributed by atoms with E-state index in [1.165, 1.54) is 18.7 Å². The van der Waals surface area contributed by atoms with E-state index in [0.717, 1.165) is 49.1 Å². The average molecular weight is 371 g/mol. The molecule has 0 radical (unpaired) electrons. The Morgan fingerprint density at radius 2 is 2.00 bits per heavy atom. The maximum Gasteiger partial charge on any atom is 0.159 e. The summed E-state index contributed by atoms with van der Waals surface area (Å²) in [6.45, 7) is 10.1. The molecule has 2 N–H and O–H groups in total. The Hall–Kier alpha value is -2.38. The summed E-state index contributed by atoms with van der Waals surface area (Å²) in [4.78, 5) is 11.2. The molecule has 3 aliphatic rings. The first-order chi connectivity index (χ1) is 13.2. The molecule has 5 rings (SSSR count). The van der Waals surface area contributed by atoms with E-state index in [-0.39, 0.29) is 6.17 Å². The molecule has 2 aromatic heterocycles. The largest absolute Gasteiger partial charge is 0.364 e. The summed E-state index contributed by atoms with van der Waals surface area (Å²) < 4.78 is 2.33. The molecule has 2 aromatic rings.